The Morgan fingerprint density at radius 3 is 2.56 bits per heavy atom. The number of nitrogens with zero attached hydrogens (tertiary/aromatic N) is 1. The minimum absolute atomic E-state index is 0. The molecule has 1 aliphatic rings. The van der Waals surface area contributed by atoms with Crippen LogP contribution in [0.25, 0.3) is 0 Å². The van der Waals surface area contributed by atoms with Crippen LogP contribution in [0.4, 0.5) is 0 Å². The van der Waals surface area contributed by atoms with E-state index >= 15 is 0 Å². The zero-order valence-corrected chi connectivity index (χ0v) is 18.1. The Bertz CT molecular complexity index is 591. The van der Waals surface area contributed by atoms with Crippen LogP contribution in [0.5, 0.6) is 0 Å². The van der Waals surface area contributed by atoms with Crippen molar-refractivity contribution in [2.24, 2.45) is 16.5 Å². The summed E-state index contributed by atoms with van der Waals surface area (Å²) in [5.74, 6) is -0.329. The quantitative estimate of drug-likeness (QED) is 0.134. The number of carboxylic acids is 1. The van der Waals surface area contributed by atoms with Crippen molar-refractivity contribution >= 4 is 17.9 Å². The molecule has 152 valence electrons. The van der Waals surface area contributed by atoms with Crippen LogP contribution in [0.1, 0.15) is 0 Å². The molecule has 0 radical (unpaired) electrons. The normalized spacial score (nSPS) is 23.4. The van der Waals surface area contributed by atoms with Gasteiger partial charge in [-0.2, -0.15) is 0 Å². The van der Waals surface area contributed by atoms with E-state index in [4.69, 9.17) is 30.4 Å². The number of aliphatic carboxylic acids is 1. The molecule has 0 saturated carbocycles. The van der Waals surface area contributed by atoms with Gasteiger partial charge in [-0.05, 0) is 6.08 Å². The molecule has 12 heteroatoms. The second-order valence-corrected chi connectivity index (χ2v) is 5.35. The molecule has 4 unspecified atom stereocenters. The van der Waals surface area contributed by atoms with E-state index in [1.165, 1.54) is 27.4 Å². The molecule has 0 aliphatic carbocycles. The molecule has 0 bridgehead atoms. The third kappa shape index (κ3) is 6.97. The molecule has 0 aromatic carbocycles. The maximum absolute atomic E-state index is 11.4. The predicted molar refractivity (Wildman–Crippen MR) is 90.8 cm³/mol. The standard InChI is InChI=1S/C15H24N4O7.W/c1-23-7-10(24-2)12(25-3)13-11(18-4-5-20)8(19-15(16)17)6-9(26-13)14(21)22;/h4,6,8,10-13,18H,7H2,1-3H3,(H,21,22)(H4,16,17,19);/t8?,10?,11?,12?,13-;/m1./s1. The number of nitrogens with one attached hydrogen (secondary N) is 1. The van der Waals surface area contributed by atoms with E-state index in [1.807, 2.05) is 0 Å². The van der Waals surface area contributed by atoms with Gasteiger partial charge in [0.1, 0.15) is 18.1 Å². The molecule has 11 nitrogen and oxygen atoms in total. The summed E-state index contributed by atoms with van der Waals surface area (Å²) in [6, 6.07) is -1.58. The van der Waals surface area contributed by atoms with Crippen molar-refractivity contribution in [3.63, 3.8) is 0 Å². The van der Waals surface area contributed by atoms with E-state index in [-0.39, 0.29) is 39.4 Å². The van der Waals surface area contributed by atoms with Crippen LogP contribution < -0.4 is 16.8 Å². The maximum atomic E-state index is 11.4. The van der Waals surface area contributed by atoms with E-state index in [0.29, 0.717) is 0 Å². The Hall–Kier alpha value is -1.90. The van der Waals surface area contributed by atoms with Crippen molar-refractivity contribution in [2.45, 2.75) is 30.4 Å². The fraction of sp³-hybridized carbons (Fsp3) is 0.600. The molecule has 0 aromatic heterocycles. The molecule has 1 heterocycles. The molecule has 27 heavy (non-hydrogen) atoms. The number of hydrogen-bond donors (Lipinski definition) is 4. The average Bonchev–Trinajstić information content (AvgIpc) is 2.59. The number of rotatable bonds is 10. The van der Waals surface area contributed by atoms with E-state index in [9.17, 15) is 14.7 Å². The first kappa shape index (κ1) is 25.1. The van der Waals surface area contributed by atoms with Crippen molar-refractivity contribution in [1.29, 1.82) is 0 Å². The summed E-state index contributed by atoms with van der Waals surface area (Å²) in [6.07, 6.45) is -0.0286. The van der Waals surface area contributed by atoms with Gasteiger partial charge < -0.3 is 40.8 Å². The third-order valence-corrected chi connectivity index (χ3v) is 3.75. The van der Waals surface area contributed by atoms with Crippen molar-refractivity contribution in [3.8, 4) is 0 Å². The fourth-order valence-electron chi connectivity index (χ4n) is 2.68. The summed E-state index contributed by atoms with van der Waals surface area (Å²) in [5, 5.41) is 12.1. The third-order valence-electron chi connectivity index (χ3n) is 3.75. The van der Waals surface area contributed by atoms with Crippen molar-refractivity contribution in [3.05, 3.63) is 18.0 Å². The summed E-state index contributed by atoms with van der Waals surface area (Å²) in [6.45, 7) is 0.157. The molecule has 0 amide bonds. The Kier molecular flexibility index (Phi) is 11.6. The number of guanidine groups is 1. The van der Waals surface area contributed by atoms with Gasteiger partial charge in [0.2, 0.25) is 5.76 Å². The van der Waals surface area contributed by atoms with Crippen LogP contribution in [-0.4, -0.2) is 81.3 Å². The van der Waals surface area contributed by atoms with Gasteiger partial charge in [0.15, 0.2) is 12.1 Å². The molecule has 0 aromatic rings. The smallest absolute Gasteiger partial charge is 0.370 e. The number of nitrogens with two attached hydrogens (primary N) is 2. The number of methoxy groups -OCH3 is 3. The van der Waals surface area contributed by atoms with Crippen molar-refractivity contribution in [2.75, 3.05) is 27.9 Å². The molecule has 0 fully saturated rings. The molecular weight excluding hydrogens is 532 g/mol. The van der Waals surface area contributed by atoms with Crippen LogP contribution in [-0.2, 0) is 49.6 Å². The van der Waals surface area contributed by atoms with Crippen LogP contribution in [0.15, 0.2) is 23.0 Å². The molecule has 0 spiro atoms. The molecular formula is C15H24N4O7W. The van der Waals surface area contributed by atoms with E-state index in [0.717, 1.165) is 6.20 Å². The van der Waals surface area contributed by atoms with Gasteiger partial charge in [-0.3, -0.25) is 0 Å². The van der Waals surface area contributed by atoms with Gasteiger partial charge in [-0.25, -0.2) is 14.6 Å². The number of ether oxygens (including phenoxy) is 4. The fourth-order valence-corrected chi connectivity index (χ4v) is 2.68. The molecule has 1 aliphatic heterocycles. The first-order valence-corrected chi connectivity index (χ1v) is 7.60. The van der Waals surface area contributed by atoms with Gasteiger partial charge in [0.25, 0.3) is 0 Å². The SMILES string of the molecule is COCC(OC)C(OC)[C@@H]1OC(C(=O)O)=CC(N=C(N)N)C1NC=C=O.[W]. The van der Waals surface area contributed by atoms with Crippen LogP contribution in [0, 0.1) is 0 Å². The second kappa shape index (κ2) is 12.5. The average molecular weight is 556 g/mol. The summed E-state index contributed by atoms with van der Waals surface area (Å²) in [7, 11) is 4.35. The maximum Gasteiger partial charge on any atom is 0.370 e. The summed E-state index contributed by atoms with van der Waals surface area (Å²) in [4.78, 5) is 26.1. The minimum atomic E-state index is -1.30. The monoisotopic (exact) mass is 556 g/mol. The molecule has 1 rings (SSSR count). The van der Waals surface area contributed by atoms with Crippen molar-refractivity contribution in [1.82, 2.24) is 5.32 Å². The van der Waals surface area contributed by atoms with Gasteiger partial charge >= 0.3 is 5.97 Å². The van der Waals surface area contributed by atoms with Crippen LogP contribution in [0.2, 0.25) is 0 Å². The Balaban J connectivity index is 0.00000676. The topological polar surface area (TPSA) is 168 Å². The number of carbonyl (C=O) groups is 1. The minimum Gasteiger partial charge on any atom is -0.478 e. The number of hydrogen-bond acceptors (Lipinski definition) is 8. The van der Waals surface area contributed by atoms with Gasteiger partial charge in [-0.1, -0.05) is 0 Å². The number of carboxylic acid groups (broad SMARTS) is 1. The van der Waals surface area contributed by atoms with Gasteiger partial charge in [0, 0.05) is 42.4 Å². The molecule has 5 atom stereocenters. The predicted octanol–water partition coefficient (Wildman–Crippen LogP) is -2.03. The van der Waals surface area contributed by atoms with E-state index < -0.39 is 36.4 Å². The molecule has 6 N–H and O–H groups in total. The van der Waals surface area contributed by atoms with Gasteiger partial charge in [0.05, 0.1) is 24.9 Å². The summed E-state index contributed by atoms with van der Waals surface area (Å²) < 4.78 is 21.5. The van der Waals surface area contributed by atoms with Crippen LogP contribution >= 0.6 is 0 Å². The van der Waals surface area contributed by atoms with E-state index in [2.05, 4.69) is 10.3 Å². The first-order valence-electron chi connectivity index (χ1n) is 7.60. The Morgan fingerprint density at radius 2 is 2.11 bits per heavy atom. The summed E-state index contributed by atoms with van der Waals surface area (Å²) >= 11 is 0. The molecule has 0 saturated heterocycles. The summed E-state index contributed by atoms with van der Waals surface area (Å²) in [5.41, 5.74) is 10.9. The zero-order valence-electron chi connectivity index (χ0n) is 15.2. The zero-order chi connectivity index (χ0) is 19.7. The number of carbonyl (C=O) groups excluding carboxylic acids is 1. The number of aliphatic imine (C=N–C) groups is 1. The van der Waals surface area contributed by atoms with Gasteiger partial charge in [-0.15, -0.1) is 0 Å². The van der Waals surface area contributed by atoms with Crippen LogP contribution in [0.3, 0.4) is 0 Å². The largest absolute Gasteiger partial charge is 0.478 e. The van der Waals surface area contributed by atoms with E-state index in [1.54, 1.807) is 5.94 Å². The van der Waals surface area contributed by atoms with Crippen molar-refractivity contribution < 1.29 is 54.7 Å². The second-order valence-electron chi connectivity index (χ2n) is 5.35. The first-order chi connectivity index (χ1) is 12.4. The Labute approximate surface area is 171 Å². The Morgan fingerprint density at radius 1 is 1.44 bits per heavy atom.